The summed E-state index contributed by atoms with van der Waals surface area (Å²) in [6, 6.07) is 14.0. The van der Waals surface area contributed by atoms with Gasteiger partial charge < -0.3 is 11.1 Å². The number of para-hydroxylation sites is 2. The Balaban J connectivity index is 2.40. The van der Waals surface area contributed by atoms with E-state index in [0.29, 0.717) is 5.69 Å². The molecule has 0 spiro atoms. The number of nitrogens with two attached hydrogens (primary N) is 1. The van der Waals surface area contributed by atoms with E-state index in [-0.39, 0.29) is 11.4 Å². The number of nitrogen functional groups attached to an aromatic ring is 1. The van der Waals surface area contributed by atoms with Crippen LogP contribution in [-0.2, 0) is 0 Å². The Hall–Kier alpha value is -2.56. The van der Waals surface area contributed by atoms with Gasteiger partial charge in [-0.05, 0) is 24.3 Å². The first-order valence-electron chi connectivity index (χ1n) is 5.03. The first-order valence-corrected chi connectivity index (χ1v) is 5.03. The Morgan fingerprint density at radius 2 is 1.76 bits per heavy atom. The molecular weight excluding hydrogens is 218 g/mol. The fourth-order valence-corrected chi connectivity index (χ4v) is 1.54. The van der Waals surface area contributed by atoms with Gasteiger partial charge in [0.15, 0.2) is 0 Å². The van der Waals surface area contributed by atoms with Crippen molar-refractivity contribution in [3.05, 3.63) is 58.6 Å². The molecule has 0 aromatic heterocycles. The number of nitro benzene ring substituents is 1. The molecule has 3 N–H and O–H groups in total. The van der Waals surface area contributed by atoms with E-state index in [1.54, 1.807) is 12.1 Å². The topological polar surface area (TPSA) is 81.2 Å². The maximum absolute atomic E-state index is 10.9. The maximum atomic E-state index is 10.9. The third-order valence-electron chi connectivity index (χ3n) is 2.30. The van der Waals surface area contributed by atoms with Crippen molar-refractivity contribution in [3.8, 4) is 0 Å². The summed E-state index contributed by atoms with van der Waals surface area (Å²) >= 11 is 0. The molecule has 2 aromatic carbocycles. The van der Waals surface area contributed by atoms with Gasteiger partial charge in [0.2, 0.25) is 0 Å². The lowest BCUT2D eigenvalue weighted by atomic mass is 10.2. The van der Waals surface area contributed by atoms with E-state index in [0.717, 1.165) is 5.69 Å². The van der Waals surface area contributed by atoms with Gasteiger partial charge in [-0.2, -0.15) is 0 Å². The zero-order valence-corrected chi connectivity index (χ0v) is 8.96. The molecule has 0 fully saturated rings. The van der Waals surface area contributed by atoms with Crippen LogP contribution in [0.1, 0.15) is 0 Å². The molecule has 86 valence electrons. The summed E-state index contributed by atoms with van der Waals surface area (Å²) in [4.78, 5) is 10.4. The van der Waals surface area contributed by atoms with Gasteiger partial charge >= 0.3 is 5.69 Å². The predicted octanol–water partition coefficient (Wildman–Crippen LogP) is 2.92. The van der Waals surface area contributed by atoms with Crippen molar-refractivity contribution >= 4 is 22.7 Å². The molecule has 5 heteroatoms. The highest BCUT2D eigenvalue weighted by Crippen LogP contribution is 2.32. The number of nitrogens with zero attached hydrogens (tertiary/aromatic N) is 1. The van der Waals surface area contributed by atoms with Gasteiger partial charge in [0.1, 0.15) is 11.4 Å². The first-order chi connectivity index (χ1) is 8.18. The Morgan fingerprint density at radius 1 is 1.06 bits per heavy atom. The standard InChI is InChI=1S/C12H11N3O2/c13-10-7-4-8-11(12(10)15(16)17)14-9-5-2-1-3-6-9/h1-8,14H,13H2. The second-order valence-electron chi connectivity index (χ2n) is 3.49. The second kappa shape index (κ2) is 4.52. The predicted molar refractivity (Wildman–Crippen MR) is 67.2 cm³/mol. The van der Waals surface area contributed by atoms with Crippen LogP contribution in [0.2, 0.25) is 0 Å². The molecule has 0 heterocycles. The molecule has 0 radical (unpaired) electrons. The Bertz CT molecular complexity index is 541. The fraction of sp³-hybridized carbons (Fsp3) is 0. The fourth-order valence-electron chi connectivity index (χ4n) is 1.54. The number of nitrogens with one attached hydrogen (secondary N) is 1. The summed E-state index contributed by atoms with van der Waals surface area (Å²) in [5.74, 6) is 0. The molecule has 0 aliphatic heterocycles. The Kier molecular flexibility index (Phi) is 2.91. The van der Waals surface area contributed by atoms with Crippen LogP contribution in [0.3, 0.4) is 0 Å². The first kappa shape index (κ1) is 10.9. The highest BCUT2D eigenvalue weighted by molar-refractivity contribution is 5.78. The molecule has 17 heavy (non-hydrogen) atoms. The van der Waals surface area contributed by atoms with E-state index in [2.05, 4.69) is 5.32 Å². The van der Waals surface area contributed by atoms with Crippen LogP contribution in [0.5, 0.6) is 0 Å². The minimum Gasteiger partial charge on any atom is -0.393 e. The third-order valence-corrected chi connectivity index (χ3v) is 2.30. The quantitative estimate of drug-likeness (QED) is 0.481. The molecule has 0 bridgehead atoms. The van der Waals surface area contributed by atoms with Crippen LogP contribution in [0.25, 0.3) is 0 Å². The van der Waals surface area contributed by atoms with Crippen LogP contribution < -0.4 is 11.1 Å². The summed E-state index contributed by atoms with van der Waals surface area (Å²) in [5.41, 5.74) is 6.81. The molecule has 0 atom stereocenters. The number of rotatable bonds is 3. The van der Waals surface area contributed by atoms with Gasteiger partial charge in [0, 0.05) is 5.69 Å². The van der Waals surface area contributed by atoms with Crippen LogP contribution in [0, 0.1) is 10.1 Å². The van der Waals surface area contributed by atoms with Gasteiger partial charge in [-0.15, -0.1) is 0 Å². The number of benzene rings is 2. The second-order valence-corrected chi connectivity index (χ2v) is 3.49. The Morgan fingerprint density at radius 3 is 2.41 bits per heavy atom. The van der Waals surface area contributed by atoms with Gasteiger partial charge in [0.25, 0.3) is 0 Å². The summed E-state index contributed by atoms with van der Waals surface area (Å²) < 4.78 is 0. The summed E-state index contributed by atoms with van der Waals surface area (Å²) in [7, 11) is 0. The highest BCUT2D eigenvalue weighted by atomic mass is 16.6. The number of nitro groups is 1. The van der Waals surface area contributed by atoms with Crippen LogP contribution in [-0.4, -0.2) is 4.92 Å². The smallest absolute Gasteiger partial charge is 0.315 e. The minimum absolute atomic E-state index is 0.101. The molecule has 2 aromatic rings. The zero-order chi connectivity index (χ0) is 12.3. The number of anilines is 3. The van der Waals surface area contributed by atoms with Gasteiger partial charge in [-0.3, -0.25) is 10.1 Å². The monoisotopic (exact) mass is 229 g/mol. The minimum atomic E-state index is -0.486. The molecule has 0 amide bonds. The normalized spacial score (nSPS) is 9.88. The van der Waals surface area contributed by atoms with Crippen molar-refractivity contribution in [2.75, 3.05) is 11.1 Å². The van der Waals surface area contributed by atoms with Crippen molar-refractivity contribution in [2.24, 2.45) is 0 Å². The molecule has 5 nitrogen and oxygen atoms in total. The van der Waals surface area contributed by atoms with Gasteiger partial charge in [-0.25, -0.2) is 0 Å². The maximum Gasteiger partial charge on any atom is 0.315 e. The number of hydrogen-bond acceptors (Lipinski definition) is 4. The largest absolute Gasteiger partial charge is 0.393 e. The molecule has 0 saturated carbocycles. The van der Waals surface area contributed by atoms with Crippen LogP contribution >= 0.6 is 0 Å². The van der Waals surface area contributed by atoms with E-state index in [4.69, 9.17) is 5.73 Å². The van der Waals surface area contributed by atoms with E-state index in [1.165, 1.54) is 6.07 Å². The average Bonchev–Trinajstić information content (AvgIpc) is 2.30. The molecule has 0 saturated heterocycles. The van der Waals surface area contributed by atoms with E-state index in [1.807, 2.05) is 30.3 Å². The zero-order valence-electron chi connectivity index (χ0n) is 8.96. The lowest BCUT2D eigenvalue weighted by molar-refractivity contribution is -0.383. The summed E-state index contributed by atoms with van der Waals surface area (Å²) in [6.07, 6.45) is 0. The van der Waals surface area contributed by atoms with E-state index < -0.39 is 4.92 Å². The average molecular weight is 229 g/mol. The molecular formula is C12H11N3O2. The van der Waals surface area contributed by atoms with Crippen molar-refractivity contribution in [2.45, 2.75) is 0 Å². The van der Waals surface area contributed by atoms with E-state index >= 15 is 0 Å². The summed E-state index contributed by atoms with van der Waals surface area (Å²) in [6.45, 7) is 0. The summed E-state index contributed by atoms with van der Waals surface area (Å²) in [5, 5.41) is 13.9. The van der Waals surface area contributed by atoms with Crippen LogP contribution in [0.15, 0.2) is 48.5 Å². The van der Waals surface area contributed by atoms with Crippen molar-refractivity contribution in [1.29, 1.82) is 0 Å². The molecule has 0 aliphatic carbocycles. The van der Waals surface area contributed by atoms with Crippen molar-refractivity contribution < 1.29 is 4.92 Å². The molecule has 0 unspecified atom stereocenters. The molecule has 0 aliphatic rings. The van der Waals surface area contributed by atoms with Crippen LogP contribution in [0.4, 0.5) is 22.7 Å². The SMILES string of the molecule is Nc1cccc(Nc2ccccc2)c1[N+](=O)[O-]. The highest BCUT2D eigenvalue weighted by Gasteiger charge is 2.17. The lowest BCUT2D eigenvalue weighted by Gasteiger charge is -2.07. The third kappa shape index (κ3) is 2.34. The lowest BCUT2D eigenvalue weighted by Crippen LogP contribution is -2.00. The van der Waals surface area contributed by atoms with Gasteiger partial charge in [0.05, 0.1) is 4.92 Å². The van der Waals surface area contributed by atoms with E-state index in [9.17, 15) is 10.1 Å². The molecule has 2 rings (SSSR count). The van der Waals surface area contributed by atoms with Gasteiger partial charge in [-0.1, -0.05) is 24.3 Å². The number of hydrogen-bond donors (Lipinski definition) is 2. The van der Waals surface area contributed by atoms with Crippen molar-refractivity contribution in [1.82, 2.24) is 0 Å². The Labute approximate surface area is 98.0 Å². The van der Waals surface area contributed by atoms with Crippen molar-refractivity contribution in [3.63, 3.8) is 0 Å².